The fourth-order valence-corrected chi connectivity index (χ4v) is 2.26. The highest BCUT2D eigenvalue weighted by molar-refractivity contribution is 6.32. The molecule has 0 saturated heterocycles. The summed E-state index contributed by atoms with van der Waals surface area (Å²) in [6.07, 6.45) is 0.905. The predicted molar refractivity (Wildman–Crippen MR) is 81.4 cm³/mol. The fourth-order valence-electron chi connectivity index (χ4n) is 2.10. The number of alkyl halides is 2. The first-order valence-corrected chi connectivity index (χ1v) is 6.96. The van der Waals surface area contributed by atoms with Gasteiger partial charge in [-0.1, -0.05) is 18.2 Å². The minimum Gasteiger partial charge on any atom is -0.494 e. The molecule has 112 valence electrons. The Kier molecular flexibility index (Phi) is 5.02. The molecule has 0 saturated carbocycles. The number of ether oxygens (including phenoxy) is 1. The minimum atomic E-state index is -2.48. The molecule has 0 spiro atoms. The lowest BCUT2D eigenvalue weighted by molar-refractivity contribution is 0.123. The molecule has 5 heteroatoms. The lowest BCUT2D eigenvalue weighted by atomic mass is 10.1. The van der Waals surface area contributed by atoms with E-state index >= 15 is 0 Å². The Morgan fingerprint density at radius 3 is 2.48 bits per heavy atom. The van der Waals surface area contributed by atoms with Gasteiger partial charge in [0.15, 0.2) is 0 Å². The molecule has 1 aromatic carbocycles. The maximum Gasteiger partial charge on any atom is 0.256 e. The van der Waals surface area contributed by atoms with Crippen molar-refractivity contribution in [2.45, 2.75) is 13.3 Å². The summed E-state index contributed by atoms with van der Waals surface area (Å²) in [6, 6.07) is 7.27. The van der Waals surface area contributed by atoms with E-state index in [-0.39, 0.29) is 0 Å². The van der Waals surface area contributed by atoms with Crippen LogP contribution in [0.4, 0.5) is 8.78 Å². The predicted octanol–water partition coefficient (Wildman–Crippen LogP) is 4.64. The second-order valence-electron chi connectivity index (χ2n) is 4.47. The van der Waals surface area contributed by atoms with Crippen LogP contribution >= 0.6 is 11.6 Å². The van der Waals surface area contributed by atoms with Gasteiger partial charge in [-0.3, -0.25) is 0 Å². The van der Waals surface area contributed by atoms with Gasteiger partial charge in [0.2, 0.25) is 0 Å². The van der Waals surface area contributed by atoms with Crippen LogP contribution < -0.4 is 4.74 Å². The van der Waals surface area contributed by atoms with Crippen LogP contribution in [0.1, 0.15) is 12.5 Å². The maximum atomic E-state index is 12.8. The summed E-state index contributed by atoms with van der Waals surface area (Å²) in [6.45, 7) is 5.82. The lowest BCUT2D eigenvalue weighted by Crippen LogP contribution is -2.28. The molecule has 1 aliphatic rings. The molecule has 0 unspecified atom stereocenters. The SMILES string of the molecule is C=C1C(Cl)=CC=C(c2ccc(OCC)cc2)N1CC(F)F. The Labute approximate surface area is 128 Å². The van der Waals surface area contributed by atoms with Crippen molar-refractivity contribution < 1.29 is 13.5 Å². The number of halogens is 3. The molecule has 2 rings (SSSR count). The molecule has 0 radical (unpaired) electrons. The number of nitrogens with zero attached hydrogens (tertiary/aromatic N) is 1. The van der Waals surface area contributed by atoms with Crippen LogP contribution in [0.5, 0.6) is 5.75 Å². The Balaban J connectivity index is 2.31. The summed E-state index contributed by atoms with van der Waals surface area (Å²) < 4.78 is 30.9. The van der Waals surface area contributed by atoms with Gasteiger partial charge in [-0.25, -0.2) is 8.78 Å². The van der Waals surface area contributed by atoms with Crippen molar-refractivity contribution >= 4 is 17.3 Å². The van der Waals surface area contributed by atoms with Gasteiger partial charge in [0.05, 0.1) is 23.9 Å². The number of hydrogen-bond donors (Lipinski definition) is 0. The summed E-state index contributed by atoms with van der Waals surface area (Å²) in [5.41, 5.74) is 1.83. The number of allylic oxidation sites excluding steroid dienone is 3. The van der Waals surface area contributed by atoms with E-state index in [1.165, 1.54) is 4.90 Å². The first kappa shape index (κ1) is 15.6. The summed E-state index contributed by atoms with van der Waals surface area (Å²) in [5, 5.41) is 0.366. The first-order valence-electron chi connectivity index (χ1n) is 6.58. The molecule has 1 heterocycles. The van der Waals surface area contributed by atoms with E-state index in [0.29, 0.717) is 23.0 Å². The van der Waals surface area contributed by atoms with Crippen molar-refractivity contribution in [3.05, 3.63) is 59.3 Å². The standard InChI is InChI=1S/C16H16ClF2NO/c1-3-21-13-6-4-12(5-7-13)15-9-8-14(17)11(2)20(15)10-16(18)19/h4-9,16H,2-3,10H2,1H3. The average molecular weight is 312 g/mol. The zero-order chi connectivity index (χ0) is 15.4. The Morgan fingerprint density at radius 1 is 1.24 bits per heavy atom. The Hall–Kier alpha value is -1.81. The molecule has 0 bridgehead atoms. The smallest absolute Gasteiger partial charge is 0.256 e. The Bertz CT molecular complexity index is 578. The maximum absolute atomic E-state index is 12.8. The van der Waals surface area contributed by atoms with Crippen LogP contribution in [0.25, 0.3) is 5.70 Å². The highest BCUT2D eigenvalue weighted by Crippen LogP contribution is 2.33. The van der Waals surface area contributed by atoms with E-state index in [2.05, 4.69) is 6.58 Å². The quantitative estimate of drug-likeness (QED) is 0.785. The monoisotopic (exact) mass is 311 g/mol. The summed E-state index contributed by atoms with van der Waals surface area (Å²) >= 11 is 5.97. The third-order valence-corrected chi connectivity index (χ3v) is 3.41. The second-order valence-corrected chi connectivity index (χ2v) is 4.88. The summed E-state index contributed by atoms with van der Waals surface area (Å²) in [4.78, 5) is 1.43. The summed E-state index contributed by atoms with van der Waals surface area (Å²) in [7, 11) is 0. The molecule has 0 atom stereocenters. The van der Waals surface area contributed by atoms with Gasteiger partial charge in [-0.15, -0.1) is 0 Å². The van der Waals surface area contributed by atoms with Gasteiger partial charge in [0.1, 0.15) is 5.75 Å². The van der Waals surface area contributed by atoms with Crippen molar-refractivity contribution in [3.63, 3.8) is 0 Å². The molecule has 0 N–H and O–H groups in total. The number of benzene rings is 1. The van der Waals surface area contributed by atoms with Crippen LogP contribution in [0.2, 0.25) is 0 Å². The van der Waals surface area contributed by atoms with Crippen LogP contribution in [-0.2, 0) is 0 Å². The zero-order valence-electron chi connectivity index (χ0n) is 11.7. The minimum absolute atomic E-state index is 0.366. The third-order valence-electron chi connectivity index (χ3n) is 3.06. The average Bonchev–Trinajstić information content (AvgIpc) is 2.45. The van der Waals surface area contributed by atoms with Crippen molar-refractivity contribution in [1.29, 1.82) is 0 Å². The van der Waals surface area contributed by atoms with Crippen molar-refractivity contribution in [1.82, 2.24) is 4.90 Å². The summed E-state index contributed by atoms with van der Waals surface area (Å²) in [5.74, 6) is 0.741. The molecule has 2 nitrogen and oxygen atoms in total. The van der Waals surface area contributed by atoms with E-state index in [4.69, 9.17) is 16.3 Å². The zero-order valence-corrected chi connectivity index (χ0v) is 12.4. The van der Waals surface area contributed by atoms with Gasteiger partial charge >= 0.3 is 0 Å². The lowest BCUT2D eigenvalue weighted by Gasteiger charge is -2.31. The van der Waals surface area contributed by atoms with E-state index in [1.54, 1.807) is 12.2 Å². The molecule has 0 aromatic heterocycles. The van der Waals surface area contributed by atoms with Crippen molar-refractivity contribution in [2.24, 2.45) is 0 Å². The van der Waals surface area contributed by atoms with Crippen molar-refractivity contribution in [2.75, 3.05) is 13.2 Å². The molecular formula is C16H16ClF2NO. The van der Waals surface area contributed by atoms with Gasteiger partial charge < -0.3 is 9.64 Å². The number of hydrogen-bond acceptors (Lipinski definition) is 2. The Morgan fingerprint density at radius 2 is 1.90 bits per heavy atom. The van der Waals surface area contributed by atoms with Gasteiger partial charge in [0, 0.05) is 5.70 Å². The molecule has 21 heavy (non-hydrogen) atoms. The molecule has 1 aromatic rings. The number of rotatable bonds is 5. The van der Waals surface area contributed by atoms with E-state index in [0.717, 1.165) is 11.3 Å². The molecule has 0 amide bonds. The van der Waals surface area contributed by atoms with E-state index in [9.17, 15) is 8.78 Å². The van der Waals surface area contributed by atoms with Crippen molar-refractivity contribution in [3.8, 4) is 5.75 Å². The van der Waals surface area contributed by atoms with Crippen LogP contribution in [0, 0.1) is 0 Å². The highest BCUT2D eigenvalue weighted by Gasteiger charge is 2.23. The highest BCUT2D eigenvalue weighted by atomic mass is 35.5. The molecule has 1 aliphatic heterocycles. The van der Waals surface area contributed by atoms with Gasteiger partial charge in [-0.05, 0) is 48.9 Å². The van der Waals surface area contributed by atoms with Crippen LogP contribution in [0.3, 0.4) is 0 Å². The second kappa shape index (κ2) is 6.76. The first-order chi connectivity index (χ1) is 10.0. The van der Waals surface area contributed by atoms with E-state index in [1.807, 2.05) is 31.2 Å². The normalized spacial score (nSPS) is 15.1. The van der Waals surface area contributed by atoms with Gasteiger partial charge in [-0.2, -0.15) is 0 Å². The van der Waals surface area contributed by atoms with Gasteiger partial charge in [0.25, 0.3) is 6.43 Å². The molecular weight excluding hydrogens is 296 g/mol. The fraction of sp³-hybridized carbons (Fsp3) is 0.250. The van der Waals surface area contributed by atoms with Crippen LogP contribution in [0.15, 0.2) is 53.7 Å². The van der Waals surface area contributed by atoms with Crippen LogP contribution in [-0.4, -0.2) is 24.5 Å². The molecule has 0 aliphatic carbocycles. The largest absolute Gasteiger partial charge is 0.494 e. The van der Waals surface area contributed by atoms with E-state index < -0.39 is 13.0 Å². The topological polar surface area (TPSA) is 12.5 Å². The molecule has 0 fully saturated rings. The third kappa shape index (κ3) is 3.64.